The van der Waals surface area contributed by atoms with E-state index < -0.39 is 0 Å². The lowest BCUT2D eigenvalue weighted by atomic mass is 10.1. The highest BCUT2D eigenvalue weighted by Gasteiger charge is 2.26. The van der Waals surface area contributed by atoms with Crippen LogP contribution in [0.1, 0.15) is 5.69 Å². The van der Waals surface area contributed by atoms with Gasteiger partial charge in [-0.1, -0.05) is 30.3 Å². The van der Waals surface area contributed by atoms with Gasteiger partial charge in [0.1, 0.15) is 0 Å². The molecule has 2 heterocycles. The molecular weight excluding hydrogens is 314 g/mol. The SMILES string of the molecule is Cc1nnc(Nc2cccc(N3CCN(C)C3=O)c2)c2ccccc12. The monoisotopic (exact) mass is 333 g/mol. The summed E-state index contributed by atoms with van der Waals surface area (Å²) < 4.78 is 0. The maximum absolute atomic E-state index is 12.2. The summed E-state index contributed by atoms with van der Waals surface area (Å²) in [4.78, 5) is 15.7. The fraction of sp³-hybridized carbons (Fsp3) is 0.211. The van der Waals surface area contributed by atoms with E-state index in [9.17, 15) is 4.79 Å². The maximum atomic E-state index is 12.2. The van der Waals surface area contributed by atoms with Gasteiger partial charge in [-0.2, -0.15) is 5.10 Å². The molecule has 0 saturated carbocycles. The number of fused-ring (bicyclic) bond motifs is 1. The highest BCUT2D eigenvalue weighted by molar-refractivity contribution is 5.96. The molecule has 0 spiro atoms. The molecule has 0 aliphatic carbocycles. The van der Waals surface area contributed by atoms with Crippen LogP contribution in [0.5, 0.6) is 0 Å². The number of aromatic nitrogens is 2. The first-order valence-corrected chi connectivity index (χ1v) is 8.25. The highest BCUT2D eigenvalue weighted by atomic mass is 16.2. The molecule has 6 heteroatoms. The van der Waals surface area contributed by atoms with Crippen LogP contribution < -0.4 is 10.2 Å². The summed E-state index contributed by atoms with van der Waals surface area (Å²) in [6.07, 6.45) is 0. The molecule has 2 aromatic carbocycles. The fourth-order valence-electron chi connectivity index (χ4n) is 3.11. The first kappa shape index (κ1) is 15.4. The van der Waals surface area contributed by atoms with Crippen molar-refractivity contribution in [2.24, 2.45) is 0 Å². The van der Waals surface area contributed by atoms with Gasteiger partial charge in [0.25, 0.3) is 0 Å². The number of urea groups is 1. The van der Waals surface area contributed by atoms with Crippen LogP contribution in [-0.4, -0.2) is 41.3 Å². The van der Waals surface area contributed by atoms with Crippen LogP contribution in [0.15, 0.2) is 48.5 Å². The summed E-state index contributed by atoms with van der Waals surface area (Å²) in [5.41, 5.74) is 2.66. The minimum atomic E-state index is 0.0257. The molecule has 0 bridgehead atoms. The molecule has 4 rings (SSSR count). The third-order valence-corrected chi connectivity index (χ3v) is 4.51. The molecular formula is C19H19N5O. The molecule has 1 aliphatic heterocycles. The highest BCUT2D eigenvalue weighted by Crippen LogP contribution is 2.28. The molecule has 1 fully saturated rings. The Morgan fingerprint density at radius 1 is 1.00 bits per heavy atom. The summed E-state index contributed by atoms with van der Waals surface area (Å²) in [7, 11) is 1.82. The lowest BCUT2D eigenvalue weighted by molar-refractivity contribution is 0.229. The number of rotatable bonds is 3. The Kier molecular flexibility index (Phi) is 3.72. The number of carbonyl (C=O) groups excluding carboxylic acids is 1. The first-order chi connectivity index (χ1) is 12.1. The van der Waals surface area contributed by atoms with E-state index >= 15 is 0 Å². The second-order valence-corrected chi connectivity index (χ2v) is 6.21. The molecule has 1 aliphatic rings. The molecule has 0 unspecified atom stereocenters. The number of likely N-dealkylation sites (N-methyl/N-ethyl adjacent to an activating group) is 1. The number of hydrogen-bond donors (Lipinski definition) is 1. The van der Waals surface area contributed by atoms with E-state index in [2.05, 4.69) is 15.5 Å². The van der Waals surface area contributed by atoms with Crippen LogP contribution in [0.2, 0.25) is 0 Å². The molecule has 3 aromatic rings. The number of amides is 2. The Labute approximate surface area is 146 Å². The summed E-state index contributed by atoms with van der Waals surface area (Å²) >= 11 is 0. The van der Waals surface area contributed by atoms with Crippen molar-refractivity contribution in [3.05, 3.63) is 54.2 Å². The van der Waals surface area contributed by atoms with Gasteiger partial charge in [0.15, 0.2) is 5.82 Å². The molecule has 6 nitrogen and oxygen atoms in total. The van der Waals surface area contributed by atoms with Crippen molar-refractivity contribution in [2.45, 2.75) is 6.92 Å². The minimum Gasteiger partial charge on any atom is -0.338 e. The topological polar surface area (TPSA) is 61.4 Å². The Bertz CT molecular complexity index is 955. The standard InChI is InChI=1S/C19H19N5O/c1-13-16-8-3-4-9-17(16)18(22-21-13)20-14-6-5-7-15(12-14)24-11-10-23(2)19(24)25/h3-9,12H,10-11H2,1-2H3,(H,20,22). The molecule has 2 amide bonds. The van der Waals surface area contributed by atoms with Crippen LogP contribution in [0.4, 0.5) is 22.0 Å². The first-order valence-electron chi connectivity index (χ1n) is 8.25. The van der Waals surface area contributed by atoms with Crippen molar-refractivity contribution in [1.29, 1.82) is 0 Å². The summed E-state index contributed by atoms with van der Waals surface area (Å²) in [5, 5.41) is 14.0. The zero-order valence-corrected chi connectivity index (χ0v) is 14.2. The third kappa shape index (κ3) is 2.76. The predicted molar refractivity (Wildman–Crippen MR) is 99.4 cm³/mol. The molecule has 1 N–H and O–H groups in total. The second-order valence-electron chi connectivity index (χ2n) is 6.21. The van der Waals surface area contributed by atoms with Crippen molar-refractivity contribution in [1.82, 2.24) is 15.1 Å². The normalized spacial score (nSPS) is 14.4. The van der Waals surface area contributed by atoms with Gasteiger partial charge in [0.2, 0.25) is 0 Å². The van der Waals surface area contributed by atoms with Gasteiger partial charge in [-0.3, -0.25) is 4.90 Å². The van der Waals surface area contributed by atoms with Crippen molar-refractivity contribution >= 4 is 34.0 Å². The van der Waals surface area contributed by atoms with E-state index in [4.69, 9.17) is 0 Å². The number of anilines is 3. The van der Waals surface area contributed by atoms with Crippen LogP contribution in [-0.2, 0) is 0 Å². The van der Waals surface area contributed by atoms with Crippen molar-refractivity contribution in [3.8, 4) is 0 Å². The van der Waals surface area contributed by atoms with Gasteiger partial charge in [-0.25, -0.2) is 4.79 Å². The Balaban J connectivity index is 1.67. The fourth-order valence-corrected chi connectivity index (χ4v) is 3.11. The summed E-state index contributed by atoms with van der Waals surface area (Å²) in [6, 6.07) is 15.9. The Morgan fingerprint density at radius 2 is 1.80 bits per heavy atom. The van der Waals surface area contributed by atoms with E-state index in [1.54, 1.807) is 9.80 Å². The summed E-state index contributed by atoms with van der Waals surface area (Å²) in [5.74, 6) is 0.711. The average Bonchev–Trinajstić information content (AvgIpc) is 2.97. The summed E-state index contributed by atoms with van der Waals surface area (Å²) in [6.45, 7) is 3.39. The number of benzene rings is 2. The average molecular weight is 333 g/mol. The number of aryl methyl sites for hydroxylation is 1. The number of hydrogen-bond acceptors (Lipinski definition) is 4. The lowest BCUT2D eigenvalue weighted by Gasteiger charge is -2.17. The van der Waals surface area contributed by atoms with Crippen LogP contribution >= 0.6 is 0 Å². The van der Waals surface area contributed by atoms with Gasteiger partial charge in [-0.15, -0.1) is 5.10 Å². The maximum Gasteiger partial charge on any atom is 0.324 e. The van der Waals surface area contributed by atoms with Crippen molar-refractivity contribution in [3.63, 3.8) is 0 Å². The second kappa shape index (κ2) is 6.05. The van der Waals surface area contributed by atoms with E-state index in [1.807, 2.05) is 62.5 Å². The minimum absolute atomic E-state index is 0.0257. The predicted octanol–water partition coefficient (Wildman–Crippen LogP) is 3.55. The van der Waals surface area contributed by atoms with Crippen LogP contribution in [0, 0.1) is 6.92 Å². The number of carbonyl (C=O) groups is 1. The lowest BCUT2D eigenvalue weighted by Crippen LogP contribution is -2.29. The molecule has 126 valence electrons. The van der Waals surface area contributed by atoms with Crippen molar-refractivity contribution in [2.75, 3.05) is 30.4 Å². The largest absolute Gasteiger partial charge is 0.338 e. The van der Waals surface area contributed by atoms with Crippen molar-refractivity contribution < 1.29 is 4.79 Å². The van der Waals surface area contributed by atoms with Gasteiger partial charge in [0, 0.05) is 42.3 Å². The zero-order valence-electron chi connectivity index (χ0n) is 14.2. The number of nitrogens with one attached hydrogen (secondary N) is 1. The van der Waals surface area contributed by atoms with Gasteiger partial charge < -0.3 is 10.2 Å². The smallest absolute Gasteiger partial charge is 0.324 e. The Hall–Kier alpha value is -3.15. The van der Waals surface area contributed by atoms with Crippen LogP contribution in [0.25, 0.3) is 10.8 Å². The van der Waals surface area contributed by atoms with Gasteiger partial charge in [0.05, 0.1) is 5.69 Å². The Morgan fingerprint density at radius 3 is 2.56 bits per heavy atom. The van der Waals surface area contributed by atoms with Crippen LogP contribution in [0.3, 0.4) is 0 Å². The van der Waals surface area contributed by atoms with Gasteiger partial charge >= 0.3 is 6.03 Å². The van der Waals surface area contributed by atoms with E-state index in [1.165, 1.54) is 0 Å². The van der Waals surface area contributed by atoms with E-state index in [0.717, 1.165) is 34.4 Å². The molecule has 0 radical (unpaired) electrons. The molecule has 1 saturated heterocycles. The number of nitrogens with zero attached hydrogens (tertiary/aromatic N) is 4. The van der Waals surface area contributed by atoms with E-state index in [-0.39, 0.29) is 6.03 Å². The molecule has 25 heavy (non-hydrogen) atoms. The quantitative estimate of drug-likeness (QED) is 0.796. The van der Waals surface area contributed by atoms with E-state index in [0.29, 0.717) is 12.4 Å². The zero-order chi connectivity index (χ0) is 17.4. The molecule has 1 aromatic heterocycles. The third-order valence-electron chi connectivity index (χ3n) is 4.51. The molecule has 0 atom stereocenters. The van der Waals surface area contributed by atoms with Gasteiger partial charge in [-0.05, 0) is 25.1 Å².